The van der Waals surface area contributed by atoms with Gasteiger partial charge in [-0.05, 0) is 43.7 Å². The molecular formula is C19H26N2O3. The molecule has 1 aromatic heterocycles. The summed E-state index contributed by atoms with van der Waals surface area (Å²) in [7, 11) is 0. The molecule has 0 amide bonds. The largest absolute Gasteiger partial charge is 0.493 e. The van der Waals surface area contributed by atoms with Crippen LogP contribution in [0, 0.1) is 5.41 Å². The number of rotatable bonds is 4. The van der Waals surface area contributed by atoms with Gasteiger partial charge in [0.15, 0.2) is 0 Å². The number of aromatic nitrogens is 2. The minimum atomic E-state index is -0.671. The number of benzene rings is 1. The summed E-state index contributed by atoms with van der Waals surface area (Å²) in [5, 5.41) is 9.96. The quantitative estimate of drug-likeness (QED) is 0.934. The third-order valence-electron chi connectivity index (χ3n) is 4.59. The maximum atomic E-state index is 12.2. The summed E-state index contributed by atoms with van der Waals surface area (Å²) in [6, 6.07) is 5.69. The highest BCUT2D eigenvalue weighted by atomic mass is 16.5. The van der Waals surface area contributed by atoms with Gasteiger partial charge in [-0.3, -0.25) is 4.79 Å². The number of ether oxygens (including phenoxy) is 1. The van der Waals surface area contributed by atoms with Gasteiger partial charge in [-0.2, -0.15) is 0 Å². The van der Waals surface area contributed by atoms with Crippen molar-refractivity contribution in [1.29, 1.82) is 0 Å². The molecule has 2 aromatic rings. The molecule has 130 valence electrons. The molecule has 0 spiro atoms. The predicted octanol–water partition coefficient (Wildman–Crippen LogP) is 3.30. The Bertz CT molecular complexity index is 794. The Labute approximate surface area is 142 Å². The maximum Gasteiger partial charge on any atom is 0.269 e. The molecular weight excluding hydrogens is 304 g/mol. The van der Waals surface area contributed by atoms with Crippen molar-refractivity contribution in [2.45, 2.75) is 58.6 Å². The maximum absolute atomic E-state index is 12.2. The van der Waals surface area contributed by atoms with Gasteiger partial charge in [-0.1, -0.05) is 20.8 Å². The van der Waals surface area contributed by atoms with Crippen molar-refractivity contribution in [3.63, 3.8) is 0 Å². The molecule has 0 unspecified atom stereocenters. The van der Waals surface area contributed by atoms with E-state index in [9.17, 15) is 9.90 Å². The first-order valence-corrected chi connectivity index (χ1v) is 8.51. The van der Waals surface area contributed by atoms with E-state index in [4.69, 9.17) is 4.74 Å². The summed E-state index contributed by atoms with van der Waals surface area (Å²) in [6.07, 6.45) is 3.51. The first kappa shape index (κ1) is 17.0. The highest BCUT2D eigenvalue weighted by molar-refractivity contribution is 5.76. The lowest BCUT2D eigenvalue weighted by Gasteiger charge is -2.42. The fourth-order valence-electron chi connectivity index (χ4n) is 3.20. The van der Waals surface area contributed by atoms with Crippen molar-refractivity contribution in [2.75, 3.05) is 6.61 Å². The lowest BCUT2D eigenvalue weighted by Crippen LogP contribution is -2.45. The molecule has 1 saturated carbocycles. The molecule has 5 heteroatoms. The molecule has 0 bridgehead atoms. The van der Waals surface area contributed by atoms with Crippen LogP contribution in [0.5, 0.6) is 5.75 Å². The van der Waals surface area contributed by atoms with Crippen LogP contribution in [0.25, 0.3) is 11.0 Å². The van der Waals surface area contributed by atoms with Gasteiger partial charge in [0, 0.05) is 12.1 Å². The zero-order valence-electron chi connectivity index (χ0n) is 14.9. The number of aliphatic hydroxyl groups is 1. The van der Waals surface area contributed by atoms with E-state index in [1.54, 1.807) is 11.5 Å². The molecule has 24 heavy (non-hydrogen) atoms. The number of nitrogens with zero attached hydrogens (tertiary/aromatic N) is 2. The van der Waals surface area contributed by atoms with Crippen molar-refractivity contribution in [2.24, 2.45) is 5.41 Å². The van der Waals surface area contributed by atoms with Crippen LogP contribution in [0.1, 0.15) is 53.0 Å². The van der Waals surface area contributed by atoms with E-state index in [0.717, 1.165) is 23.2 Å². The second-order valence-corrected chi connectivity index (χ2v) is 8.34. The first-order chi connectivity index (χ1) is 11.1. The minimum Gasteiger partial charge on any atom is -0.493 e. The monoisotopic (exact) mass is 330 g/mol. The number of hydrogen-bond acceptors (Lipinski definition) is 4. The van der Waals surface area contributed by atoms with Crippen LogP contribution in [0.15, 0.2) is 29.2 Å². The molecule has 3 rings (SSSR count). The Hall–Kier alpha value is -1.88. The second kappa shape index (κ2) is 5.88. The normalized spacial score (nSPS) is 24.0. The molecule has 5 nitrogen and oxygen atoms in total. The molecule has 1 aromatic carbocycles. The Kier molecular flexibility index (Phi) is 4.16. The highest BCUT2D eigenvalue weighted by Crippen LogP contribution is 2.41. The van der Waals surface area contributed by atoms with Crippen LogP contribution in [-0.4, -0.2) is 26.9 Å². The average Bonchev–Trinajstić information content (AvgIpc) is 2.43. The van der Waals surface area contributed by atoms with Gasteiger partial charge in [0.25, 0.3) is 5.56 Å². The average molecular weight is 330 g/mol. The molecule has 1 aliphatic rings. The Morgan fingerprint density at radius 3 is 2.71 bits per heavy atom. The van der Waals surface area contributed by atoms with Crippen LogP contribution in [0.2, 0.25) is 0 Å². The van der Waals surface area contributed by atoms with Crippen molar-refractivity contribution in [1.82, 2.24) is 9.55 Å². The fourth-order valence-corrected chi connectivity index (χ4v) is 3.20. The molecule has 0 aliphatic heterocycles. The number of fused-ring (bicyclic) bond motifs is 1. The smallest absolute Gasteiger partial charge is 0.269 e. The van der Waals surface area contributed by atoms with Crippen LogP contribution in [0.3, 0.4) is 0 Å². The van der Waals surface area contributed by atoms with Gasteiger partial charge in [0.1, 0.15) is 5.75 Å². The third-order valence-corrected chi connectivity index (χ3v) is 4.59. The van der Waals surface area contributed by atoms with Gasteiger partial charge in [0.05, 0.1) is 29.4 Å². The van der Waals surface area contributed by atoms with Gasteiger partial charge in [0.2, 0.25) is 0 Å². The zero-order valence-corrected chi connectivity index (χ0v) is 14.9. The molecule has 0 saturated heterocycles. The van der Waals surface area contributed by atoms with Crippen molar-refractivity contribution < 1.29 is 9.84 Å². The minimum absolute atomic E-state index is 0.0330. The number of hydrogen-bond donors (Lipinski definition) is 1. The Morgan fingerprint density at radius 1 is 1.38 bits per heavy atom. The summed E-state index contributed by atoms with van der Waals surface area (Å²) < 4.78 is 7.58. The summed E-state index contributed by atoms with van der Waals surface area (Å²) in [4.78, 5) is 16.5. The third kappa shape index (κ3) is 3.61. The van der Waals surface area contributed by atoms with Crippen LogP contribution < -0.4 is 10.3 Å². The first-order valence-electron chi connectivity index (χ1n) is 8.51. The highest BCUT2D eigenvalue weighted by Gasteiger charge is 2.40. The predicted molar refractivity (Wildman–Crippen MR) is 94.5 cm³/mol. The van der Waals surface area contributed by atoms with Crippen molar-refractivity contribution >= 4 is 11.0 Å². The lowest BCUT2D eigenvalue weighted by molar-refractivity contribution is -0.0506. The molecule has 1 N–H and O–H groups in total. The summed E-state index contributed by atoms with van der Waals surface area (Å²) in [5.74, 6) is 0.769. The summed E-state index contributed by atoms with van der Waals surface area (Å²) in [6.45, 7) is 9.01. The topological polar surface area (TPSA) is 64.3 Å². The SMILES string of the molecule is CC(C)(C)CCOc1ccc2c(c1)ncc(=O)n2C1CC(C)(O)C1. The van der Waals surface area contributed by atoms with Gasteiger partial charge in [-0.25, -0.2) is 4.98 Å². The second-order valence-electron chi connectivity index (χ2n) is 8.34. The molecule has 1 aliphatic carbocycles. The fraction of sp³-hybridized carbons (Fsp3) is 0.579. The van der Waals surface area contributed by atoms with E-state index in [1.165, 1.54) is 6.20 Å². The van der Waals surface area contributed by atoms with Gasteiger partial charge < -0.3 is 14.4 Å². The Balaban J connectivity index is 1.84. The molecule has 0 atom stereocenters. The van der Waals surface area contributed by atoms with Crippen LogP contribution >= 0.6 is 0 Å². The summed E-state index contributed by atoms with van der Waals surface area (Å²) in [5.41, 5.74) is 0.983. The summed E-state index contributed by atoms with van der Waals surface area (Å²) >= 11 is 0. The van der Waals surface area contributed by atoms with E-state index >= 15 is 0 Å². The van der Waals surface area contributed by atoms with Crippen LogP contribution in [-0.2, 0) is 0 Å². The van der Waals surface area contributed by atoms with E-state index in [1.807, 2.05) is 18.2 Å². The van der Waals surface area contributed by atoms with Crippen molar-refractivity contribution in [3.8, 4) is 5.75 Å². The zero-order chi connectivity index (χ0) is 17.5. The molecule has 1 heterocycles. The standard InChI is InChI=1S/C19H26N2O3/c1-18(2,3)7-8-24-14-5-6-16-15(9-14)20-12-17(22)21(16)13-10-19(4,23)11-13/h5-6,9,12-13,23H,7-8,10-11H2,1-4H3. The van der Waals surface area contributed by atoms with E-state index in [2.05, 4.69) is 25.8 Å². The Morgan fingerprint density at radius 2 is 2.08 bits per heavy atom. The van der Waals surface area contributed by atoms with Crippen molar-refractivity contribution in [3.05, 3.63) is 34.7 Å². The van der Waals surface area contributed by atoms with E-state index in [-0.39, 0.29) is 17.0 Å². The van der Waals surface area contributed by atoms with E-state index in [0.29, 0.717) is 19.4 Å². The molecule has 0 radical (unpaired) electrons. The van der Waals surface area contributed by atoms with E-state index < -0.39 is 5.60 Å². The van der Waals surface area contributed by atoms with Crippen LogP contribution in [0.4, 0.5) is 0 Å². The lowest BCUT2D eigenvalue weighted by atomic mass is 9.77. The molecule has 1 fully saturated rings. The van der Waals surface area contributed by atoms with Gasteiger partial charge in [-0.15, -0.1) is 0 Å². The van der Waals surface area contributed by atoms with Gasteiger partial charge >= 0.3 is 0 Å².